The molecular formula is C12H7Br5. The van der Waals surface area contributed by atoms with Crippen molar-refractivity contribution in [2.75, 3.05) is 0 Å². The molecule has 3 rings (SSSR count). The molecule has 90 valence electrons. The third-order valence-corrected chi connectivity index (χ3v) is 11.6. The molecule has 5 heteroatoms. The number of fused-ring (bicyclic) bond motifs is 4. The quantitative estimate of drug-likeness (QED) is 0.341. The van der Waals surface area contributed by atoms with Crippen molar-refractivity contribution < 1.29 is 0 Å². The summed E-state index contributed by atoms with van der Waals surface area (Å²) in [6, 6.07) is 8.61. The number of hydrogen-bond donors (Lipinski definition) is 0. The molecule has 2 aliphatic carbocycles. The molecule has 0 radical (unpaired) electrons. The summed E-state index contributed by atoms with van der Waals surface area (Å²) in [5.41, 5.74) is 2.74. The van der Waals surface area contributed by atoms with Crippen LogP contribution in [0.25, 0.3) is 0 Å². The van der Waals surface area contributed by atoms with E-state index in [1.807, 2.05) is 0 Å². The molecule has 2 aliphatic rings. The van der Waals surface area contributed by atoms with E-state index < -0.39 is 0 Å². The summed E-state index contributed by atoms with van der Waals surface area (Å²) < 4.78 is 2.30. The Morgan fingerprint density at radius 3 is 2.24 bits per heavy atom. The van der Waals surface area contributed by atoms with Crippen molar-refractivity contribution in [1.82, 2.24) is 0 Å². The van der Waals surface area contributed by atoms with Crippen molar-refractivity contribution in [2.24, 2.45) is 0 Å². The normalized spacial score (nSPS) is 39.5. The number of allylic oxidation sites excluding steroid dienone is 2. The second-order valence-electron chi connectivity index (χ2n) is 4.30. The van der Waals surface area contributed by atoms with Crippen molar-refractivity contribution in [2.45, 2.75) is 19.9 Å². The van der Waals surface area contributed by atoms with E-state index in [2.05, 4.69) is 104 Å². The van der Waals surface area contributed by atoms with E-state index in [1.165, 1.54) is 20.1 Å². The maximum atomic E-state index is 3.91. The van der Waals surface area contributed by atoms with Crippen LogP contribution in [0.3, 0.4) is 0 Å². The Balaban J connectivity index is 2.32. The van der Waals surface area contributed by atoms with E-state index in [0.717, 1.165) is 0 Å². The van der Waals surface area contributed by atoms with Gasteiger partial charge in [-0.15, -0.1) is 0 Å². The topological polar surface area (TPSA) is 0 Å². The highest BCUT2D eigenvalue weighted by molar-refractivity contribution is 9.17. The first-order valence-electron chi connectivity index (χ1n) is 5.11. The minimum atomic E-state index is -0.120. The third-order valence-electron chi connectivity index (χ3n) is 3.49. The third kappa shape index (κ3) is 1.61. The molecule has 0 aromatic heterocycles. The summed E-state index contributed by atoms with van der Waals surface area (Å²) >= 11 is 19.1. The van der Waals surface area contributed by atoms with Crippen LogP contribution in [0, 0.1) is 0 Å². The van der Waals surface area contributed by atoms with Crippen LogP contribution >= 0.6 is 79.6 Å². The minimum absolute atomic E-state index is 0.120. The van der Waals surface area contributed by atoms with Gasteiger partial charge in [-0.05, 0) is 11.1 Å². The van der Waals surface area contributed by atoms with Gasteiger partial charge in [-0.1, -0.05) is 104 Å². The predicted molar refractivity (Wildman–Crippen MR) is 90.1 cm³/mol. The van der Waals surface area contributed by atoms with Crippen LogP contribution in [-0.4, -0.2) is 9.15 Å². The van der Waals surface area contributed by atoms with Crippen LogP contribution < -0.4 is 0 Å². The number of hydrogen-bond acceptors (Lipinski definition) is 0. The lowest BCUT2D eigenvalue weighted by atomic mass is 9.81. The zero-order valence-corrected chi connectivity index (χ0v) is 16.4. The first kappa shape index (κ1) is 13.3. The van der Waals surface area contributed by atoms with Gasteiger partial charge in [0.1, 0.15) is 0 Å². The summed E-state index contributed by atoms with van der Waals surface area (Å²) in [5.74, 6) is 0.369. The van der Waals surface area contributed by atoms with E-state index in [9.17, 15) is 0 Å². The smallest absolute Gasteiger partial charge is 0.0860 e. The lowest BCUT2D eigenvalue weighted by Crippen LogP contribution is -2.39. The lowest BCUT2D eigenvalue weighted by molar-refractivity contribution is 0.623. The molecule has 0 saturated carbocycles. The summed E-state index contributed by atoms with van der Waals surface area (Å²) in [6.45, 7) is 0. The lowest BCUT2D eigenvalue weighted by Gasteiger charge is -2.40. The highest BCUT2D eigenvalue weighted by Crippen LogP contribution is 2.67. The zero-order valence-electron chi connectivity index (χ0n) is 8.43. The standard InChI is InChI=1S/C12H7Br5/c13-8-7-5-3-1-2-4-6(5)9(14)12(17,10(7)15)11(8)16/h1-4,7,9-10H/t7-,9-,10+,12+/m1/s1. The van der Waals surface area contributed by atoms with Crippen molar-refractivity contribution in [3.63, 3.8) is 0 Å². The first-order chi connectivity index (χ1) is 7.99. The average Bonchev–Trinajstić information content (AvgIpc) is 2.47. The van der Waals surface area contributed by atoms with Gasteiger partial charge in [0.05, 0.1) is 9.15 Å². The molecule has 0 unspecified atom stereocenters. The predicted octanol–water partition coefficient (Wildman–Crippen LogP) is 6.13. The number of benzene rings is 1. The molecule has 0 fully saturated rings. The van der Waals surface area contributed by atoms with Crippen LogP contribution in [0.2, 0.25) is 0 Å². The molecule has 0 nitrogen and oxygen atoms in total. The molecule has 0 aliphatic heterocycles. The monoisotopic (exact) mass is 546 g/mol. The van der Waals surface area contributed by atoms with Gasteiger partial charge < -0.3 is 0 Å². The van der Waals surface area contributed by atoms with Crippen LogP contribution in [0.15, 0.2) is 33.2 Å². The Morgan fingerprint density at radius 2 is 1.59 bits per heavy atom. The van der Waals surface area contributed by atoms with E-state index in [-0.39, 0.29) is 9.15 Å². The second-order valence-corrected chi connectivity index (χ2v) is 9.16. The van der Waals surface area contributed by atoms with Gasteiger partial charge in [0.2, 0.25) is 0 Å². The maximum Gasteiger partial charge on any atom is 0.0878 e. The van der Waals surface area contributed by atoms with E-state index in [0.29, 0.717) is 10.7 Å². The van der Waals surface area contributed by atoms with Crippen LogP contribution in [0.4, 0.5) is 0 Å². The average molecular weight is 551 g/mol. The Hall–Kier alpha value is 1.36. The SMILES string of the molecule is BrC1=C(Br)[C@]2(Br)[C@H](Br)c3ccccc3[C@H]1[C@@H]2Br. The molecule has 4 atom stereocenters. The highest BCUT2D eigenvalue weighted by Gasteiger charge is 2.58. The Bertz CT molecular complexity index is 523. The van der Waals surface area contributed by atoms with Gasteiger partial charge in [-0.3, -0.25) is 0 Å². The maximum absolute atomic E-state index is 3.91. The van der Waals surface area contributed by atoms with Gasteiger partial charge in [0.15, 0.2) is 0 Å². The molecule has 0 heterocycles. The zero-order chi connectivity index (χ0) is 12.4. The molecular weight excluding hydrogens is 544 g/mol. The van der Waals surface area contributed by atoms with Gasteiger partial charge in [0.25, 0.3) is 0 Å². The van der Waals surface area contributed by atoms with E-state index >= 15 is 0 Å². The van der Waals surface area contributed by atoms with Gasteiger partial charge in [-0.25, -0.2) is 0 Å². The number of rotatable bonds is 0. The fraction of sp³-hybridized carbons (Fsp3) is 0.333. The van der Waals surface area contributed by atoms with Crippen molar-refractivity contribution >= 4 is 79.6 Å². The molecule has 0 amide bonds. The molecule has 2 bridgehead atoms. The van der Waals surface area contributed by atoms with Crippen LogP contribution in [0.5, 0.6) is 0 Å². The second kappa shape index (κ2) is 4.44. The molecule has 0 saturated heterocycles. The Kier molecular flexibility index (Phi) is 3.48. The summed E-state index contributed by atoms with van der Waals surface area (Å²) in [5, 5.41) is 0. The van der Waals surface area contributed by atoms with E-state index in [1.54, 1.807) is 0 Å². The van der Waals surface area contributed by atoms with Crippen molar-refractivity contribution in [3.05, 3.63) is 44.4 Å². The highest BCUT2D eigenvalue weighted by atomic mass is 79.9. The van der Waals surface area contributed by atoms with Gasteiger partial charge in [-0.2, -0.15) is 0 Å². The summed E-state index contributed by atoms with van der Waals surface area (Å²) in [7, 11) is 0. The fourth-order valence-corrected chi connectivity index (χ4v) is 8.46. The molecule has 0 spiro atoms. The fourth-order valence-electron chi connectivity index (χ4n) is 2.61. The Morgan fingerprint density at radius 1 is 1.00 bits per heavy atom. The molecule has 1 aromatic rings. The first-order valence-corrected chi connectivity index (χ1v) is 9.32. The number of halogens is 5. The van der Waals surface area contributed by atoms with Crippen molar-refractivity contribution in [3.8, 4) is 0 Å². The minimum Gasteiger partial charge on any atom is -0.0860 e. The van der Waals surface area contributed by atoms with Gasteiger partial charge >= 0.3 is 0 Å². The molecule has 17 heavy (non-hydrogen) atoms. The Labute approximate surface area is 142 Å². The largest absolute Gasteiger partial charge is 0.0878 e. The summed E-state index contributed by atoms with van der Waals surface area (Å²) in [4.78, 5) is 0.578. The van der Waals surface area contributed by atoms with E-state index in [4.69, 9.17) is 0 Å². The van der Waals surface area contributed by atoms with Crippen LogP contribution in [-0.2, 0) is 0 Å². The summed E-state index contributed by atoms with van der Waals surface area (Å²) in [6.07, 6.45) is 0. The molecule has 0 N–H and O–H groups in total. The van der Waals surface area contributed by atoms with Crippen LogP contribution in [0.1, 0.15) is 21.9 Å². The van der Waals surface area contributed by atoms with Gasteiger partial charge in [0, 0.05) is 19.7 Å². The van der Waals surface area contributed by atoms with Crippen molar-refractivity contribution in [1.29, 1.82) is 0 Å². The molecule has 1 aromatic carbocycles. The number of alkyl halides is 3.